The van der Waals surface area contributed by atoms with Crippen LogP contribution in [0.15, 0.2) is 69.3 Å². The number of hydrogen-bond donors (Lipinski definition) is 0. The van der Waals surface area contributed by atoms with Gasteiger partial charge in [0.2, 0.25) is 9.84 Å². The molecule has 0 amide bonds. The van der Waals surface area contributed by atoms with E-state index < -0.39 is 20.9 Å². The van der Waals surface area contributed by atoms with Crippen LogP contribution in [0.25, 0.3) is 0 Å². The zero-order valence-electron chi connectivity index (χ0n) is 9.15. The molecule has 1 unspecified atom stereocenters. The van der Waals surface area contributed by atoms with Gasteiger partial charge in [-0.05, 0) is 35.3 Å². The van der Waals surface area contributed by atoms with Crippen molar-refractivity contribution < 1.29 is 17.2 Å². The van der Waals surface area contributed by atoms with Gasteiger partial charge in [-0.1, -0.05) is 30.3 Å². The van der Waals surface area contributed by atoms with Gasteiger partial charge in [0.05, 0.1) is 9.79 Å². The fourth-order valence-corrected chi connectivity index (χ4v) is 3.85. The van der Waals surface area contributed by atoms with Crippen molar-refractivity contribution in [2.45, 2.75) is 14.7 Å². The molecular weight excluding hydrogens is 272 g/mol. The first-order valence-corrected chi connectivity index (χ1v) is 7.58. The van der Waals surface area contributed by atoms with Crippen molar-refractivity contribution >= 4 is 20.9 Å². The van der Waals surface area contributed by atoms with Gasteiger partial charge in [0.25, 0.3) is 0 Å². The van der Waals surface area contributed by atoms with Crippen LogP contribution in [0.5, 0.6) is 0 Å². The second-order valence-corrected chi connectivity index (χ2v) is 6.33. The molecule has 0 heterocycles. The van der Waals surface area contributed by atoms with Gasteiger partial charge in [0.15, 0.2) is 0 Å². The van der Waals surface area contributed by atoms with E-state index >= 15 is 0 Å². The third-order valence-electron chi connectivity index (χ3n) is 2.37. The standard InChI is InChI=1S/C12H10O4S2/c13-17(14)11-8-4-5-9-12(11)18(15,16)10-6-2-1-3-7-10/h1-9H,(H,13,14)/p-1. The quantitative estimate of drug-likeness (QED) is 0.803. The molecule has 6 heteroatoms. The van der Waals surface area contributed by atoms with E-state index in [1.54, 1.807) is 18.2 Å². The monoisotopic (exact) mass is 281 g/mol. The Morgan fingerprint density at radius 2 is 1.44 bits per heavy atom. The zero-order valence-corrected chi connectivity index (χ0v) is 10.8. The van der Waals surface area contributed by atoms with Gasteiger partial charge in [0, 0.05) is 4.90 Å². The van der Waals surface area contributed by atoms with Gasteiger partial charge in [-0.15, -0.1) is 0 Å². The molecule has 94 valence electrons. The first-order chi connectivity index (χ1) is 8.53. The van der Waals surface area contributed by atoms with E-state index in [9.17, 15) is 17.2 Å². The summed E-state index contributed by atoms with van der Waals surface area (Å²) in [5.74, 6) is 0. The lowest BCUT2D eigenvalue weighted by Crippen LogP contribution is -2.06. The third-order valence-corrected chi connectivity index (χ3v) is 5.04. The Labute approximate surface area is 107 Å². The normalized spacial score (nSPS) is 13.2. The second-order valence-electron chi connectivity index (χ2n) is 3.50. The molecule has 2 rings (SSSR count). The minimum Gasteiger partial charge on any atom is -0.768 e. The molecule has 0 saturated carbocycles. The first kappa shape index (κ1) is 12.9. The third kappa shape index (κ3) is 2.35. The van der Waals surface area contributed by atoms with Gasteiger partial charge in [-0.2, -0.15) is 0 Å². The summed E-state index contributed by atoms with van der Waals surface area (Å²) in [7, 11) is -3.81. The fourth-order valence-electron chi connectivity index (χ4n) is 1.54. The number of rotatable bonds is 3. The van der Waals surface area contributed by atoms with Crippen molar-refractivity contribution in [3.8, 4) is 0 Å². The Morgan fingerprint density at radius 1 is 0.889 bits per heavy atom. The molecule has 4 nitrogen and oxygen atoms in total. The molecule has 0 aliphatic heterocycles. The molecule has 0 aromatic heterocycles. The lowest BCUT2D eigenvalue weighted by molar-refractivity contribution is 0.533. The fraction of sp³-hybridized carbons (Fsp3) is 0. The van der Waals surface area contributed by atoms with E-state index in [0.29, 0.717) is 0 Å². The van der Waals surface area contributed by atoms with Crippen LogP contribution in [0.1, 0.15) is 0 Å². The summed E-state index contributed by atoms with van der Waals surface area (Å²) in [6, 6.07) is 13.2. The summed E-state index contributed by atoms with van der Waals surface area (Å²) in [6.45, 7) is 0. The summed E-state index contributed by atoms with van der Waals surface area (Å²) >= 11 is -2.59. The van der Waals surface area contributed by atoms with Crippen LogP contribution in [0.4, 0.5) is 0 Å². The Balaban J connectivity index is 2.66. The SMILES string of the molecule is O=S([O-])c1ccccc1S(=O)(=O)c1ccccc1. The van der Waals surface area contributed by atoms with E-state index in [0.717, 1.165) is 0 Å². The molecule has 0 spiro atoms. The first-order valence-electron chi connectivity index (χ1n) is 5.02. The summed E-state index contributed by atoms with van der Waals surface area (Å²) in [5.41, 5.74) is 0. The van der Waals surface area contributed by atoms with E-state index in [1.165, 1.54) is 36.4 Å². The van der Waals surface area contributed by atoms with Crippen LogP contribution in [0.3, 0.4) is 0 Å². The van der Waals surface area contributed by atoms with Crippen LogP contribution < -0.4 is 0 Å². The molecule has 2 aromatic rings. The van der Waals surface area contributed by atoms with Gasteiger partial charge < -0.3 is 4.55 Å². The van der Waals surface area contributed by atoms with Crippen molar-refractivity contribution in [1.29, 1.82) is 0 Å². The molecule has 0 radical (unpaired) electrons. The van der Waals surface area contributed by atoms with Crippen molar-refractivity contribution in [3.63, 3.8) is 0 Å². The van der Waals surface area contributed by atoms with E-state index in [-0.39, 0.29) is 14.7 Å². The van der Waals surface area contributed by atoms with Gasteiger partial charge in [0.1, 0.15) is 0 Å². The van der Waals surface area contributed by atoms with Crippen molar-refractivity contribution in [3.05, 3.63) is 54.6 Å². The lowest BCUT2D eigenvalue weighted by atomic mass is 10.4. The Hall–Kier alpha value is -1.50. The summed E-state index contributed by atoms with van der Waals surface area (Å²) in [5, 5.41) is 0. The number of sulfone groups is 1. The summed E-state index contributed by atoms with van der Waals surface area (Å²) in [6.07, 6.45) is 0. The molecule has 0 aliphatic rings. The van der Waals surface area contributed by atoms with Gasteiger partial charge in [-0.25, -0.2) is 8.42 Å². The Morgan fingerprint density at radius 3 is 2.06 bits per heavy atom. The molecule has 1 atom stereocenters. The van der Waals surface area contributed by atoms with E-state index in [1.807, 2.05) is 0 Å². The minimum absolute atomic E-state index is 0.0721. The van der Waals surface area contributed by atoms with E-state index in [4.69, 9.17) is 0 Å². The van der Waals surface area contributed by atoms with Crippen LogP contribution in [0.2, 0.25) is 0 Å². The predicted molar refractivity (Wildman–Crippen MR) is 65.5 cm³/mol. The average Bonchev–Trinajstić information content (AvgIpc) is 2.39. The number of hydrogen-bond acceptors (Lipinski definition) is 4. The van der Waals surface area contributed by atoms with Crippen molar-refractivity contribution in [2.24, 2.45) is 0 Å². The largest absolute Gasteiger partial charge is 0.768 e. The molecule has 0 fully saturated rings. The minimum atomic E-state index is -3.81. The van der Waals surface area contributed by atoms with Crippen LogP contribution in [-0.2, 0) is 20.9 Å². The Kier molecular flexibility index (Phi) is 3.60. The van der Waals surface area contributed by atoms with E-state index in [2.05, 4.69) is 0 Å². The molecule has 0 aliphatic carbocycles. The van der Waals surface area contributed by atoms with Crippen molar-refractivity contribution in [1.82, 2.24) is 0 Å². The Bertz CT molecular complexity index is 678. The average molecular weight is 281 g/mol. The molecule has 0 N–H and O–H groups in total. The van der Waals surface area contributed by atoms with Crippen LogP contribution in [-0.4, -0.2) is 17.2 Å². The maximum absolute atomic E-state index is 12.3. The highest BCUT2D eigenvalue weighted by Crippen LogP contribution is 2.25. The molecule has 2 aromatic carbocycles. The molecule has 0 bridgehead atoms. The second kappa shape index (κ2) is 5.01. The highest BCUT2D eigenvalue weighted by Gasteiger charge is 2.20. The maximum atomic E-state index is 12.3. The molecular formula is C12H9O4S2-. The summed E-state index contributed by atoms with van der Waals surface area (Å²) in [4.78, 5) is -0.353. The maximum Gasteiger partial charge on any atom is 0.207 e. The molecule has 18 heavy (non-hydrogen) atoms. The number of benzene rings is 2. The summed E-state index contributed by atoms with van der Waals surface area (Å²) < 4.78 is 46.6. The topological polar surface area (TPSA) is 74.3 Å². The van der Waals surface area contributed by atoms with Gasteiger partial charge >= 0.3 is 0 Å². The van der Waals surface area contributed by atoms with Crippen LogP contribution >= 0.6 is 0 Å². The highest BCUT2D eigenvalue weighted by molar-refractivity contribution is 7.92. The van der Waals surface area contributed by atoms with Crippen LogP contribution in [0, 0.1) is 0 Å². The molecule has 0 saturated heterocycles. The smallest absolute Gasteiger partial charge is 0.207 e. The zero-order chi connectivity index (χ0) is 13.2. The lowest BCUT2D eigenvalue weighted by Gasteiger charge is -2.12. The predicted octanol–water partition coefficient (Wildman–Crippen LogP) is 1.76. The highest BCUT2D eigenvalue weighted by atomic mass is 32.2. The van der Waals surface area contributed by atoms with Crippen molar-refractivity contribution in [2.75, 3.05) is 0 Å². The van der Waals surface area contributed by atoms with Gasteiger partial charge in [-0.3, -0.25) is 4.21 Å².